The predicted octanol–water partition coefficient (Wildman–Crippen LogP) is 7.09. The Labute approximate surface area is 250 Å². The van der Waals surface area contributed by atoms with Crippen molar-refractivity contribution < 1.29 is 23.8 Å². The van der Waals surface area contributed by atoms with Gasteiger partial charge in [-0.2, -0.15) is 0 Å². The van der Waals surface area contributed by atoms with E-state index in [0.29, 0.717) is 41.5 Å². The molecule has 0 bridgehead atoms. The van der Waals surface area contributed by atoms with Gasteiger partial charge in [0.05, 0.1) is 5.56 Å². The SMILES string of the molecule is Nc1cc(N)cc(C(=O)Oc2ccc(-c3ccc(OCCOc4ccc(/C=C/C(=O)c5ccccc5)cc4)cc3)cc2)c1. The summed E-state index contributed by atoms with van der Waals surface area (Å²) in [7, 11) is 0. The van der Waals surface area contributed by atoms with E-state index in [0.717, 1.165) is 28.2 Å². The third-order valence-electron chi connectivity index (χ3n) is 6.45. The van der Waals surface area contributed by atoms with Crippen LogP contribution < -0.4 is 25.7 Å². The number of benzene rings is 5. The number of esters is 1. The van der Waals surface area contributed by atoms with Gasteiger partial charge in [-0.05, 0) is 77.4 Å². The lowest BCUT2D eigenvalue weighted by Crippen LogP contribution is -2.09. The molecule has 7 nitrogen and oxygen atoms in total. The quantitative estimate of drug-likeness (QED) is 0.0435. The Morgan fingerprint density at radius 2 is 1.09 bits per heavy atom. The van der Waals surface area contributed by atoms with Gasteiger partial charge in [0.15, 0.2) is 5.78 Å². The molecule has 0 aliphatic heterocycles. The number of nitrogen functional groups attached to an aromatic ring is 2. The van der Waals surface area contributed by atoms with E-state index < -0.39 is 5.97 Å². The molecule has 5 aromatic rings. The summed E-state index contributed by atoms with van der Waals surface area (Å²) in [6.07, 6.45) is 3.35. The molecule has 4 N–H and O–H groups in total. The van der Waals surface area contributed by atoms with E-state index >= 15 is 0 Å². The molecule has 0 unspecified atom stereocenters. The fourth-order valence-corrected chi connectivity index (χ4v) is 4.28. The smallest absolute Gasteiger partial charge is 0.343 e. The fourth-order valence-electron chi connectivity index (χ4n) is 4.28. The monoisotopic (exact) mass is 570 g/mol. The summed E-state index contributed by atoms with van der Waals surface area (Å²) < 4.78 is 17.1. The minimum Gasteiger partial charge on any atom is -0.490 e. The number of ether oxygens (including phenoxy) is 3. The molecular formula is C36H30N2O5. The summed E-state index contributed by atoms with van der Waals surface area (Å²) >= 11 is 0. The van der Waals surface area contributed by atoms with Crippen LogP contribution in [0.25, 0.3) is 17.2 Å². The Morgan fingerprint density at radius 1 is 0.581 bits per heavy atom. The first-order chi connectivity index (χ1) is 20.9. The average Bonchev–Trinajstić information content (AvgIpc) is 3.03. The summed E-state index contributed by atoms with van der Waals surface area (Å²) in [4.78, 5) is 24.7. The van der Waals surface area contributed by atoms with Crippen LogP contribution in [0.5, 0.6) is 17.2 Å². The predicted molar refractivity (Wildman–Crippen MR) is 169 cm³/mol. The van der Waals surface area contributed by atoms with Crippen molar-refractivity contribution in [3.05, 3.63) is 144 Å². The molecule has 0 atom stereocenters. The number of allylic oxidation sites excluding steroid dienone is 1. The van der Waals surface area contributed by atoms with Crippen LogP contribution in [0.1, 0.15) is 26.3 Å². The first-order valence-corrected chi connectivity index (χ1v) is 13.6. The van der Waals surface area contributed by atoms with Gasteiger partial charge in [-0.1, -0.05) is 72.8 Å². The van der Waals surface area contributed by atoms with Gasteiger partial charge in [-0.3, -0.25) is 4.79 Å². The van der Waals surface area contributed by atoms with Gasteiger partial charge in [0, 0.05) is 16.9 Å². The number of rotatable bonds is 11. The van der Waals surface area contributed by atoms with Crippen molar-refractivity contribution in [1.29, 1.82) is 0 Å². The number of anilines is 2. The normalized spacial score (nSPS) is 10.8. The van der Waals surface area contributed by atoms with Gasteiger partial charge in [-0.15, -0.1) is 0 Å². The maximum atomic E-state index is 12.4. The molecule has 0 heterocycles. The van der Waals surface area contributed by atoms with E-state index in [9.17, 15) is 9.59 Å². The number of carbonyl (C=O) groups excluding carboxylic acids is 2. The van der Waals surface area contributed by atoms with Crippen LogP contribution >= 0.6 is 0 Å². The average molecular weight is 571 g/mol. The Balaban J connectivity index is 1.06. The molecule has 0 aliphatic rings. The van der Waals surface area contributed by atoms with Gasteiger partial charge in [0.2, 0.25) is 0 Å². The number of hydrogen-bond donors (Lipinski definition) is 2. The summed E-state index contributed by atoms with van der Waals surface area (Å²) in [5.74, 6) is 1.29. The second-order valence-corrected chi connectivity index (χ2v) is 9.66. The van der Waals surface area contributed by atoms with E-state index in [4.69, 9.17) is 25.7 Å². The Bertz CT molecular complexity index is 1690. The molecule has 5 aromatic carbocycles. The standard InChI is InChI=1S/C36H30N2O5/c37-30-22-29(23-31(38)24-30)36(40)43-34-17-11-27(12-18-34)26-9-15-33(16-10-26)42-21-20-41-32-13-6-25(7-14-32)8-19-35(39)28-4-2-1-3-5-28/h1-19,22-24H,20-21,37-38H2/b19-8+. The molecule has 0 saturated carbocycles. The first kappa shape index (κ1) is 28.7. The van der Waals surface area contributed by atoms with Crippen molar-refractivity contribution in [3.8, 4) is 28.4 Å². The number of carbonyl (C=O) groups is 2. The third-order valence-corrected chi connectivity index (χ3v) is 6.45. The lowest BCUT2D eigenvalue weighted by molar-refractivity contribution is 0.0734. The summed E-state index contributed by atoms with van der Waals surface area (Å²) in [5, 5.41) is 0. The molecule has 214 valence electrons. The highest BCUT2D eigenvalue weighted by atomic mass is 16.5. The van der Waals surface area contributed by atoms with Crippen molar-refractivity contribution in [1.82, 2.24) is 0 Å². The minimum absolute atomic E-state index is 0.0379. The molecular weight excluding hydrogens is 540 g/mol. The van der Waals surface area contributed by atoms with Gasteiger partial charge in [-0.25, -0.2) is 4.79 Å². The van der Waals surface area contributed by atoms with Crippen molar-refractivity contribution >= 4 is 29.2 Å². The van der Waals surface area contributed by atoms with E-state index in [2.05, 4.69) is 0 Å². The molecule has 7 heteroatoms. The molecule has 0 amide bonds. The molecule has 0 spiro atoms. The van der Waals surface area contributed by atoms with Crippen molar-refractivity contribution in [2.24, 2.45) is 0 Å². The highest BCUT2D eigenvalue weighted by Crippen LogP contribution is 2.25. The Kier molecular flexibility index (Phi) is 9.14. The van der Waals surface area contributed by atoms with E-state index in [1.165, 1.54) is 12.1 Å². The summed E-state index contributed by atoms with van der Waals surface area (Å²) in [6.45, 7) is 0.761. The van der Waals surface area contributed by atoms with Crippen LogP contribution in [0.15, 0.2) is 127 Å². The Morgan fingerprint density at radius 3 is 1.65 bits per heavy atom. The molecule has 0 aromatic heterocycles. The molecule has 0 fully saturated rings. The molecule has 5 rings (SSSR count). The third kappa shape index (κ3) is 8.11. The second kappa shape index (κ2) is 13.7. The molecule has 0 saturated heterocycles. The van der Waals surface area contributed by atoms with Gasteiger partial charge >= 0.3 is 5.97 Å². The highest BCUT2D eigenvalue weighted by Gasteiger charge is 2.11. The largest absolute Gasteiger partial charge is 0.490 e. The van der Waals surface area contributed by atoms with Crippen molar-refractivity contribution in [2.75, 3.05) is 24.7 Å². The van der Waals surface area contributed by atoms with E-state index in [-0.39, 0.29) is 5.78 Å². The topological polar surface area (TPSA) is 114 Å². The zero-order chi connectivity index (χ0) is 30.0. The molecule has 43 heavy (non-hydrogen) atoms. The Hall–Kier alpha value is -5.82. The van der Waals surface area contributed by atoms with Crippen molar-refractivity contribution in [2.45, 2.75) is 0 Å². The summed E-state index contributed by atoms with van der Waals surface area (Å²) in [5.41, 5.74) is 16.1. The maximum Gasteiger partial charge on any atom is 0.343 e. The number of nitrogens with two attached hydrogens (primary N) is 2. The second-order valence-electron chi connectivity index (χ2n) is 9.66. The fraction of sp³-hybridized carbons (Fsp3) is 0.0556. The number of hydrogen-bond acceptors (Lipinski definition) is 7. The maximum absolute atomic E-state index is 12.4. The van der Waals surface area contributed by atoms with E-state index in [1.807, 2.05) is 78.9 Å². The van der Waals surface area contributed by atoms with Crippen LogP contribution in [-0.2, 0) is 0 Å². The lowest BCUT2D eigenvalue weighted by atomic mass is 10.1. The number of ketones is 1. The minimum atomic E-state index is -0.529. The summed E-state index contributed by atoms with van der Waals surface area (Å²) in [6, 6.07) is 36.2. The van der Waals surface area contributed by atoms with Crippen LogP contribution in [0.3, 0.4) is 0 Å². The zero-order valence-corrected chi connectivity index (χ0v) is 23.3. The van der Waals surface area contributed by atoms with E-state index in [1.54, 1.807) is 42.5 Å². The van der Waals surface area contributed by atoms with Crippen LogP contribution in [-0.4, -0.2) is 25.0 Å². The van der Waals surface area contributed by atoms with Crippen LogP contribution in [0.4, 0.5) is 11.4 Å². The van der Waals surface area contributed by atoms with Gasteiger partial charge in [0.1, 0.15) is 30.5 Å². The van der Waals surface area contributed by atoms with Crippen molar-refractivity contribution in [3.63, 3.8) is 0 Å². The lowest BCUT2D eigenvalue weighted by Gasteiger charge is -2.10. The van der Waals surface area contributed by atoms with Gasteiger partial charge < -0.3 is 25.7 Å². The van der Waals surface area contributed by atoms with Gasteiger partial charge in [0.25, 0.3) is 0 Å². The first-order valence-electron chi connectivity index (χ1n) is 13.6. The highest BCUT2D eigenvalue weighted by molar-refractivity contribution is 6.06. The molecule has 0 radical (unpaired) electrons. The molecule has 0 aliphatic carbocycles. The van der Waals surface area contributed by atoms with Crippen LogP contribution in [0, 0.1) is 0 Å². The van der Waals surface area contributed by atoms with Crippen LogP contribution in [0.2, 0.25) is 0 Å². The zero-order valence-electron chi connectivity index (χ0n) is 23.3.